The highest BCUT2D eigenvalue weighted by atomic mass is 32.2. The van der Waals surface area contributed by atoms with E-state index in [4.69, 9.17) is 21.7 Å². The molecule has 9 nitrogen and oxygen atoms in total. The number of anilines is 2. The van der Waals surface area contributed by atoms with Gasteiger partial charge in [0.25, 0.3) is 10.0 Å². The van der Waals surface area contributed by atoms with Crippen molar-refractivity contribution < 1.29 is 27.5 Å². The summed E-state index contributed by atoms with van der Waals surface area (Å²) in [6, 6.07) is 12.4. The zero-order valence-electron chi connectivity index (χ0n) is 17.7. The first-order valence-electron chi connectivity index (χ1n) is 9.85. The molecule has 0 heterocycles. The molecule has 2 rings (SSSR count). The minimum atomic E-state index is -3.79. The van der Waals surface area contributed by atoms with Crippen LogP contribution in [0, 0.1) is 0 Å². The van der Waals surface area contributed by atoms with Crippen LogP contribution < -0.4 is 20.1 Å². The fourth-order valence-electron chi connectivity index (χ4n) is 2.52. The largest absolute Gasteiger partial charge is 0.494 e. The van der Waals surface area contributed by atoms with Gasteiger partial charge in [-0.15, -0.1) is 0 Å². The van der Waals surface area contributed by atoms with Gasteiger partial charge in [0.1, 0.15) is 5.75 Å². The first kappa shape index (κ1) is 25.1. The van der Waals surface area contributed by atoms with Crippen LogP contribution in [0.4, 0.5) is 11.4 Å². The molecule has 32 heavy (non-hydrogen) atoms. The zero-order chi connectivity index (χ0) is 23.6. The van der Waals surface area contributed by atoms with Crippen LogP contribution in [-0.2, 0) is 24.3 Å². The Morgan fingerprint density at radius 2 is 1.53 bits per heavy atom. The molecule has 0 unspecified atom stereocenters. The van der Waals surface area contributed by atoms with Crippen molar-refractivity contribution in [3.05, 3.63) is 48.5 Å². The molecule has 0 saturated carbocycles. The fourth-order valence-corrected chi connectivity index (χ4v) is 3.81. The Bertz CT molecular complexity index is 1040. The summed E-state index contributed by atoms with van der Waals surface area (Å²) in [6.07, 6.45) is -0.106. The van der Waals surface area contributed by atoms with Gasteiger partial charge in [0.2, 0.25) is 5.91 Å². The van der Waals surface area contributed by atoms with E-state index in [-0.39, 0.29) is 29.5 Å². The average Bonchev–Trinajstić information content (AvgIpc) is 2.74. The van der Waals surface area contributed by atoms with Crippen molar-refractivity contribution in [2.75, 3.05) is 23.3 Å². The first-order valence-corrected chi connectivity index (χ1v) is 11.7. The number of sulfonamides is 1. The van der Waals surface area contributed by atoms with Crippen LogP contribution in [0.2, 0.25) is 0 Å². The normalized spacial score (nSPS) is 10.7. The lowest BCUT2D eigenvalue weighted by atomic mass is 10.3. The summed E-state index contributed by atoms with van der Waals surface area (Å²) in [7, 11) is -3.79. The van der Waals surface area contributed by atoms with Gasteiger partial charge in [-0.3, -0.25) is 14.3 Å². The Kier molecular flexibility index (Phi) is 9.41. The van der Waals surface area contributed by atoms with E-state index < -0.39 is 21.9 Å². The van der Waals surface area contributed by atoms with Crippen LogP contribution in [0.1, 0.15) is 26.7 Å². The highest BCUT2D eigenvalue weighted by Crippen LogP contribution is 2.20. The smallest absolute Gasteiger partial charge is 0.306 e. The Morgan fingerprint density at radius 1 is 0.906 bits per heavy atom. The van der Waals surface area contributed by atoms with Gasteiger partial charge in [0.15, 0.2) is 5.11 Å². The zero-order valence-corrected chi connectivity index (χ0v) is 19.3. The molecule has 0 aliphatic rings. The van der Waals surface area contributed by atoms with Gasteiger partial charge in [-0.05, 0) is 74.6 Å². The van der Waals surface area contributed by atoms with E-state index in [1.807, 2.05) is 6.92 Å². The predicted molar refractivity (Wildman–Crippen MR) is 125 cm³/mol. The molecule has 11 heteroatoms. The molecule has 1 amide bonds. The maximum atomic E-state index is 12.6. The molecule has 172 valence electrons. The number of hydrogen-bond acceptors (Lipinski definition) is 7. The summed E-state index contributed by atoms with van der Waals surface area (Å²) in [5, 5.41) is 5.27. The SMILES string of the molecule is CCOC(=O)CCC(=O)NC(=S)Nc1ccc(S(=O)(=O)Nc2ccc(OCC)cc2)cc1. The maximum absolute atomic E-state index is 12.6. The number of rotatable bonds is 10. The summed E-state index contributed by atoms with van der Waals surface area (Å²) in [5.74, 6) is -0.249. The second kappa shape index (κ2) is 12.0. The molecule has 0 spiro atoms. The summed E-state index contributed by atoms with van der Waals surface area (Å²) >= 11 is 5.07. The molecule has 0 bridgehead atoms. The Balaban J connectivity index is 1.90. The second-order valence-electron chi connectivity index (χ2n) is 6.39. The van der Waals surface area contributed by atoms with Gasteiger partial charge in [-0.1, -0.05) is 0 Å². The summed E-state index contributed by atoms with van der Waals surface area (Å²) < 4.78 is 37.8. The molecule has 0 radical (unpaired) electrons. The molecule has 3 N–H and O–H groups in total. The van der Waals surface area contributed by atoms with Crippen LogP contribution >= 0.6 is 12.2 Å². The van der Waals surface area contributed by atoms with Crippen LogP contribution in [-0.4, -0.2) is 38.6 Å². The van der Waals surface area contributed by atoms with Crippen molar-refractivity contribution >= 4 is 50.6 Å². The van der Waals surface area contributed by atoms with Gasteiger partial charge in [0.05, 0.1) is 24.5 Å². The minimum Gasteiger partial charge on any atom is -0.494 e. The molecule has 2 aromatic rings. The van der Waals surface area contributed by atoms with E-state index in [2.05, 4.69) is 15.4 Å². The molecule has 0 atom stereocenters. The lowest BCUT2D eigenvalue weighted by molar-refractivity contribution is -0.144. The average molecular weight is 480 g/mol. The highest BCUT2D eigenvalue weighted by Gasteiger charge is 2.15. The van der Waals surface area contributed by atoms with E-state index in [1.54, 1.807) is 31.2 Å². The lowest BCUT2D eigenvalue weighted by Gasteiger charge is -2.11. The molecular formula is C21H25N3O6S2. The van der Waals surface area contributed by atoms with Gasteiger partial charge in [-0.2, -0.15) is 0 Å². The number of amides is 1. The van der Waals surface area contributed by atoms with E-state index in [1.165, 1.54) is 24.3 Å². The molecule has 0 fully saturated rings. The Labute approximate surface area is 192 Å². The van der Waals surface area contributed by atoms with E-state index in [0.717, 1.165) is 0 Å². The summed E-state index contributed by atoms with van der Waals surface area (Å²) in [4.78, 5) is 23.2. The van der Waals surface area contributed by atoms with Crippen molar-refractivity contribution in [2.24, 2.45) is 0 Å². The third kappa shape index (κ3) is 8.16. The quantitative estimate of drug-likeness (QED) is 0.351. The molecule has 0 aliphatic heterocycles. The fraction of sp³-hybridized carbons (Fsp3) is 0.286. The molecular weight excluding hydrogens is 454 g/mol. The van der Waals surface area contributed by atoms with Crippen molar-refractivity contribution in [3.8, 4) is 5.75 Å². The minimum absolute atomic E-state index is 0.0296. The lowest BCUT2D eigenvalue weighted by Crippen LogP contribution is -2.34. The van der Waals surface area contributed by atoms with Gasteiger partial charge in [-0.25, -0.2) is 8.42 Å². The number of thiocarbonyl (C=S) groups is 1. The first-order chi connectivity index (χ1) is 15.2. The molecule has 0 aliphatic carbocycles. The van der Waals surface area contributed by atoms with Crippen molar-refractivity contribution in [2.45, 2.75) is 31.6 Å². The third-order valence-electron chi connectivity index (χ3n) is 3.95. The number of ether oxygens (including phenoxy) is 2. The van der Waals surface area contributed by atoms with Crippen LogP contribution in [0.5, 0.6) is 5.75 Å². The topological polar surface area (TPSA) is 123 Å². The monoisotopic (exact) mass is 479 g/mol. The van der Waals surface area contributed by atoms with E-state index in [0.29, 0.717) is 23.7 Å². The van der Waals surface area contributed by atoms with E-state index in [9.17, 15) is 18.0 Å². The van der Waals surface area contributed by atoms with Crippen LogP contribution in [0.3, 0.4) is 0 Å². The maximum Gasteiger partial charge on any atom is 0.306 e. The molecule has 2 aromatic carbocycles. The van der Waals surface area contributed by atoms with Crippen molar-refractivity contribution in [3.63, 3.8) is 0 Å². The number of benzene rings is 2. The standard InChI is InChI=1S/C21H25N3O6S2/c1-3-29-17-9-5-16(6-10-17)24-32(27,28)18-11-7-15(8-12-18)22-21(31)23-19(25)13-14-20(26)30-4-2/h5-12,24H,3-4,13-14H2,1-2H3,(H2,22,23,25,31). The van der Waals surface area contributed by atoms with Crippen LogP contribution in [0.25, 0.3) is 0 Å². The van der Waals surface area contributed by atoms with Crippen molar-refractivity contribution in [1.82, 2.24) is 5.32 Å². The Morgan fingerprint density at radius 3 is 2.12 bits per heavy atom. The second-order valence-corrected chi connectivity index (χ2v) is 8.49. The molecule has 0 saturated heterocycles. The van der Waals surface area contributed by atoms with E-state index >= 15 is 0 Å². The number of hydrogen-bond donors (Lipinski definition) is 3. The van der Waals surface area contributed by atoms with Crippen molar-refractivity contribution in [1.29, 1.82) is 0 Å². The van der Waals surface area contributed by atoms with Crippen LogP contribution in [0.15, 0.2) is 53.4 Å². The number of carbonyl (C=O) groups is 2. The highest BCUT2D eigenvalue weighted by molar-refractivity contribution is 7.92. The van der Waals surface area contributed by atoms with Gasteiger partial charge >= 0.3 is 5.97 Å². The molecule has 0 aromatic heterocycles. The summed E-state index contributed by atoms with van der Waals surface area (Å²) in [5.41, 5.74) is 0.892. The number of carbonyl (C=O) groups excluding carboxylic acids is 2. The summed E-state index contributed by atoms with van der Waals surface area (Å²) in [6.45, 7) is 4.32. The third-order valence-corrected chi connectivity index (χ3v) is 5.56. The Hall–Kier alpha value is -3.18. The number of esters is 1. The van der Waals surface area contributed by atoms with Gasteiger partial charge < -0.3 is 20.1 Å². The predicted octanol–water partition coefficient (Wildman–Crippen LogP) is 3.04. The number of nitrogens with one attached hydrogen (secondary N) is 3. The van der Waals surface area contributed by atoms with Gasteiger partial charge in [0, 0.05) is 17.8 Å².